The lowest BCUT2D eigenvalue weighted by Gasteiger charge is -2.33. The number of rotatable bonds is 4. The van der Waals surface area contributed by atoms with Gasteiger partial charge in [-0.1, -0.05) is 146 Å². The summed E-state index contributed by atoms with van der Waals surface area (Å²) in [4.78, 5) is 0. The standard InChI is InChI=1S/C54H33BN2O2/c1-7-21-45(56-47-23-9-3-16-38(47)39-17-4-10-24-48(39)56)36(14-1)34-29-31-51-44(32-34)55-54-43(20-13-27-52(54)58-51)42-30-28-35(33-53(42)59-55)37-15-2-8-22-46(37)57-49-25-11-5-18-40(49)41-19-6-12-26-50(41)57/h1-33H. The van der Waals surface area contributed by atoms with E-state index in [0.29, 0.717) is 0 Å². The summed E-state index contributed by atoms with van der Waals surface area (Å²) >= 11 is 0. The Morgan fingerprint density at radius 2 is 0.814 bits per heavy atom. The first kappa shape index (κ1) is 32.3. The summed E-state index contributed by atoms with van der Waals surface area (Å²) in [6.45, 7) is -0.347. The molecule has 59 heavy (non-hydrogen) atoms. The molecule has 0 unspecified atom stereocenters. The van der Waals surface area contributed by atoms with E-state index in [0.717, 1.165) is 72.9 Å². The van der Waals surface area contributed by atoms with Gasteiger partial charge in [0.1, 0.15) is 17.2 Å². The van der Waals surface area contributed by atoms with Crippen molar-refractivity contribution in [3.05, 3.63) is 200 Å². The lowest BCUT2D eigenvalue weighted by atomic mass is 9.50. The summed E-state index contributed by atoms with van der Waals surface area (Å²) in [5.41, 5.74) is 15.8. The third-order valence-electron chi connectivity index (χ3n) is 12.4. The van der Waals surface area contributed by atoms with Gasteiger partial charge < -0.3 is 18.5 Å². The largest absolute Gasteiger partial charge is 0.551 e. The van der Waals surface area contributed by atoms with Gasteiger partial charge in [-0.15, -0.1) is 0 Å². The highest BCUT2D eigenvalue weighted by Gasteiger charge is 2.41. The smallest absolute Gasteiger partial charge is 0.434 e. The predicted octanol–water partition coefficient (Wildman–Crippen LogP) is 12.5. The third-order valence-corrected chi connectivity index (χ3v) is 12.4. The van der Waals surface area contributed by atoms with E-state index in [1.165, 1.54) is 43.6 Å². The van der Waals surface area contributed by atoms with Crippen LogP contribution in [0, 0.1) is 0 Å². The summed E-state index contributed by atoms with van der Waals surface area (Å²) in [6.07, 6.45) is 0. The van der Waals surface area contributed by atoms with Crippen molar-refractivity contribution in [1.29, 1.82) is 0 Å². The molecule has 0 spiro atoms. The SMILES string of the molecule is c1ccc(-n2c3ccccc3c3ccccc32)c(-c2ccc3c(c2)OB2c4cc(-c5ccccc5-n5c6ccccc6c6ccccc65)ccc4Oc4cccc-3c42)c1. The zero-order chi connectivity index (χ0) is 38.6. The zero-order valence-corrected chi connectivity index (χ0v) is 31.8. The lowest BCUT2D eigenvalue weighted by Crippen LogP contribution is -2.53. The molecule has 0 saturated heterocycles. The summed E-state index contributed by atoms with van der Waals surface area (Å²) in [5.74, 6) is 2.51. The highest BCUT2D eigenvalue weighted by molar-refractivity contribution is 6.84. The molecule has 0 saturated carbocycles. The molecule has 0 aliphatic carbocycles. The van der Waals surface area contributed by atoms with Crippen LogP contribution in [-0.4, -0.2) is 16.0 Å². The maximum absolute atomic E-state index is 7.22. The Bertz CT molecular complexity index is 3430. The molecule has 0 fully saturated rings. The molecule has 0 radical (unpaired) electrons. The highest BCUT2D eigenvalue weighted by atomic mass is 16.5. The minimum absolute atomic E-state index is 0.347. The van der Waals surface area contributed by atoms with Crippen LogP contribution in [0.2, 0.25) is 0 Å². The van der Waals surface area contributed by atoms with Crippen LogP contribution < -0.4 is 20.3 Å². The molecule has 0 amide bonds. The van der Waals surface area contributed by atoms with Crippen molar-refractivity contribution in [3.8, 4) is 62.0 Å². The van der Waals surface area contributed by atoms with E-state index in [4.69, 9.17) is 9.39 Å². The van der Waals surface area contributed by atoms with Crippen LogP contribution in [0.15, 0.2) is 200 Å². The number of benzene rings is 9. The van der Waals surface area contributed by atoms with Crippen LogP contribution in [0.25, 0.3) is 88.4 Å². The fourth-order valence-corrected chi connectivity index (χ4v) is 9.88. The molecule has 0 bridgehead atoms. The van der Waals surface area contributed by atoms with Gasteiger partial charge in [0.05, 0.1) is 33.4 Å². The van der Waals surface area contributed by atoms with E-state index in [1.807, 2.05) is 0 Å². The Hall–Kier alpha value is -7.76. The van der Waals surface area contributed by atoms with Crippen LogP contribution in [-0.2, 0) is 0 Å². The second-order valence-corrected chi connectivity index (χ2v) is 15.6. The van der Waals surface area contributed by atoms with Crippen molar-refractivity contribution < 1.29 is 9.39 Å². The lowest BCUT2D eigenvalue weighted by molar-refractivity contribution is 0.479. The zero-order valence-electron chi connectivity index (χ0n) is 31.8. The Morgan fingerprint density at radius 1 is 0.339 bits per heavy atom. The van der Waals surface area contributed by atoms with E-state index < -0.39 is 0 Å². The van der Waals surface area contributed by atoms with E-state index >= 15 is 0 Å². The number of nitrogens with zero attached hydrogens (tertiary/aromatic N) is 2. The number of aromatic nitrogens is 2. The molecular weight excluding hydrogens is 719 g/mol. The van der Waals surface area contributed by atoms with Gasteiger partial charge in [-0.3, -0.25) is 0 Å². The van der Waals surface area contributed by atoms with Crippen molar-refractivity contribution >= 4 is 61.5 Å². The van der Waals surface area contributed by atoms with Gasteiger partial charge in [0, 0.05) is 49.2 Å². The normalized spacial score (nSPS) is 12.6. The van der Waals surface area contributed by atoms with Crippen LogP contribution in [0.1, 0.15) is 0 Å². The topological polar surface area (TPSA) is 28.3 Å². The van der Waals surface area contributed by atoms with Crippen LogP contribution in [0.5, 0.6) is 17.2 Å². The summed E-state index contributed by atoms with van der Waals surface area (Å²) < 4.78 is 18.7. The highest BCUT2D eigenvalue weighted by Crippen LogP contribution is 2.44. The molecule has 2 aliphatic heterocycles. The number of fused-ring (bicyclic) bond motifs is 10. The molecule has 0 atom stereocenters. The predicted molar refractivity (Wildman–Crippen MR) is 244 cm³/mol. The number of hydrogen-bond donors (Lipinski definition) is 0. The Kier molecular flexibility index (Phi) is 6.78. The van der Waals surface area contributed by atoms with E-state index in [9.17, 15) is 0 Å². The summed E-state index contributed by atoms with van der Waals surface area (Å²) in [5, 5.41) is 4.98. The van der Waals surface area contributed by atoms with E-state index in [-0.39, 0.29) is 6.92 Å². The minimum Gasteiger partial charge on any atom is -0.551 e. The van der Waals surface area contributed by atoms with Crippen molar-refractivity contribution in [2.75, 3.05) is 0 Å². The Labute approximate surface area is 340 Å². The van der Waals surface area contributed by atoms with Gasteiger partial charge in [-0.05, 0) is 71.3 Å². The molecule has 2 aliphatic rings. The van der Waals surface area contributed by atoms with Crippen molar-refractivity contribution in [2.45, 2.75) is 0 Å². The Morgan fingerprint density at radius 3 is 1.39 bits per heavy atom. The van der Waals surface area contributed by atoms with Gasteiger partial charge in [0.15, 0.2) is 0 Å². The van der Waals surface area contributed by atoms with Crippen LogP contribution in [0.3, 0.4) is 0 Å². The molecule has 13 rings (SSSR count). The van der Waals surface area contributed by atoms with Crippen LogP contribution >= 0.6 is 0 Å². The van der Waals surface area contributed by atoms with Crippen molar-refractivity contribution in [3.63, 3.8) is 0 Å². The molecule has 5 heteroatoms. The van der Waals surface area contributed by atoms with Gasteiger partial charge >= 0.3 is 6.92 Å². The fourth-order valence-electron chi connectivity index (χ4n) is 9.88. The van der Waals surface area contributed by atoms with Gasteiger partial charge in [0.2, 0.25) is 0 Å². The first-order chi connectivity index (χ1) is 29.3. The first-order valence-electron chi connectivity index (χ1n) is 20.2. The average Bonchev–Trinajstić information content (AvgIpc) is 3.82. The molecule has 11 aromatic rings. The molecule has 274 valence electrons. The molecular formula is C54H33BN2O2. The van der Waals surface area contributed by atoms with E-state index in [1.54, 1.807) is 0 Å². The monoisotopic (exact) mass is 752 g/mol. The minimum atomic E-state index is -0.347. The molecule has 2 aromatic heterocycles. The van der Waals surface area contributed by atoms with Gasteiger partial charge in [-0.2, -0.15) is 0 Å². The van der Waals surface area contributed by atoms with Gasteiger partial charge in [-0.25, -0.2) is 0 Å². The summed E-state index contributed by atoms with van der Waals surface area (Å²) in [7, 11) is 0. The first-order valence-corrected chi connectivity index (χ1v) is 20.2. The van der Waals surface area contributed by atoms with Gasteiger partial charge in [0.25, 0.3) is 0 Å². The summed E-state index contributed by atoms with van der Waals surface area (Å²) in [6, 6.07) is 71.7. The van der Waals surface area contributed by atoms with Crippen molar-refractivity contribution in [2.24, 2.45) is 0 Å². The van der Waals surface area contributed by atoms with Crippen molar-refractivity contribution in [1.82, 2.24) is 9.13 Å². The second-order valence-electron chi connectivity index (χ2n) is 15.6. The average molecular weight is 753 g/mol. The molecule has 4 heterocycles. The van der Waals surface area contributed by atoms with Crippen LogP contribution in [0.4, 0.5) is 0 Å². The molecule has 0 N–H and O–H groups in total. The van der Waals surface area contributed by atoms with E-state index in [2.05, 4.69) is 209 Å². The Balaban J connectivity index is 0.952. The molecule has 4 nitrogen and oxygen atoms in total. The number of hydrogen-bond acceptors (Lipinski definition) is 2. The maximum atomic E-state index is 7.22. The molecule has 9 aromatic carbocycles. The second kappa shape index (κ2) is 12.4. The fraction of sp³-hybridized carbons (Fsp3) is 0. The number of para-hydroxylation sites is 6. The number of ether oxygens (including phenoxy) is 1. The quantitative estimate of drug-likeness (QED) is 0.168. The maximum Gasteiger partial charge on any atom is 0.434 e. The third kappa shape index (κ3) is 4.67.